The Morgan fingerprint density at radius 1 is 1.24 bits per heavy atom. The molecule has 0 saturated heterocycles. The molecule has 1 aromatic carbocycles. The van der Waals surface area contributed by atoms with Gasteiger partial charge in [-0.2, -0.15) is 5.26 Å². The average Bonchev–Trinajstić information content (AvgIpc) is 2.73. The molecule has 0 saturated carbocycles. The fraction of sp³-hybridized carbons (Fsp3) is 0.0833. The SMILES string of the molecule is N#CC(Nc1cccc(Br)c1)c1ccc(Br)s1. The van der Waals surface area contributed by atoms with Crippen molar-refractivity contribution in [3.63, 3.8) is 0 Å². The maximum absolute atomic E-state index is 9.19. The van der Waals surface area contributed by atoms with Crippen LogP contribution in [0.15, 0.2) is 44.7 Å². The van der Waals surface area contributed by atoms with Gasteiger partial charge in [0.05, 0.1) is 9.86 Å². The number of nitriles is 1. The Kier molecular flexibility index (Phi) is 4.21. The molecule has 0 amide bonds. The molecule has 0 aliphatic rings. The molecule has 86 valence electrons. The van der Waals surface area contributed by atoms with E-state index in [1.807, 2.05) is 36.4 Å². The predicted octanol–water partition coefficient (Wildman–Crippen LogP) is 4.95. The Morgan fingerprint density at radius 2 is 2.06 bits per heavy atom. The van der Waals surface area contributed by atoms with Gasteiger partial charge in [-0.25, -0.2) is 0 Å². The van der Waals surface area contributed by atoms with Gasteiger partial charge < -0.3 is 5.32 Å². The van der Waals surface area contributed by atoms with Gasteiger partial charge in [-0.3, -0.25) is 0 Å². The lowest BCUT2D eigenvalue weighted by atomic mass is 10.2. The van der Waals surface area contributed by atoms with E-state index in [9.17, 15) is 5.26 Å². The highest BCUT2D eigenvalue weighted by molar-refractivity contribution is 9.11. The number of benzene rings is 1. The number of hydrogen-bond donors (Lipinski definition) is 1. The van der Waals surface area contributed by atoms with Crippen molar-refractivity contribution in [2.75, 3.05) is 5.32 Å². The first-order valence-electron chi connectivity index (χ1n) is 4.86. The van der Waals surface area contributed by atoms with Crippen LogP contribution < -0.4 is 5.32 Å². The topological polar surface area (TPSA) is 35.8 Å². The second kappa shape index (κ2) is 5.67. The van der Waals surface area contributed by atoms with Crippen molar-refractivity contribution in [3.05, 3.63) is 49.5 Å². The number of halogens is 2. The summed E-state index contributed by atoms with van der Waals surface area (Å²) >= 11 is 8.37. The summed E-state index contributed by atoms with van der Waals surface area (Å²) in [4.78, 5) is 0.999. The molecule has 2 nitrogen and oxygen atoms in total. The predicted molar refractivity (Wildman–Crippen MR) is 78.1 cm³/mol. The molecule has 0 fully saturated rings. The van der Waals surface area contributed by atoms with E-state index in [1.54, 1.807) is 11.3 Å². The molecule has 0 radical (unpaired) electrons. The maximum atomic E-state index is 9.19. The first-order valence-corrected chi connectivity index (χ1v) is 7.26. The highest BCUT2D eigenvalue weighted by Gasteiger charge is 2.12. The third-order valence-electron chi connectivity index (χ3n) is 2.14. The third-order valence-corrected chi connectivity index (χ3v) is 4.32. The summed E-state index contributed by atoms with van der Waals surface area (Å²) in [6.07, 6.45) is 0. The summed E-state index contributed by atoms with van der Waals surface area (Å²) in [6.45, 7) is 0. The zero-order valence-electron chi connectivity index (χ0n) is 8.65. The molecule has 1 heterocycles. The van der Waals surface area contributed by atoms with Gasteiger partial charge in [0.2, 0.25) is 0 Å². The largest absolute Gasteiger partial charge is 0.366 e. The van der Waals surface area contributed by atoms with E-state index in [2.05, 4.69) is 43.2 Å². The summed E-state index contributed by atoms with van der Waals surface area (Å²) < 4.78 is 2.02. The molecule has 1 unspecified atom stereocenters. The number of anilines is 1. The minimum absolute atomic E-state index is 0.319. The first kappa shape index (κ1) is 12.6. The fourth-order valence-electron chi connectivity index (χ4n) is 1.40. The molecular weight excluding hydrogens is 364 g/mol. The molecular formula is C12H8Br2N2S. The monoisotopic (exact) mass is 370 g/mol. The Labute approximate surface area is 121 Å². The van der Waals surface area contributed by atoms with Gasteiger partial charge in [-0.1, -0.05) is 22.0 Å². The highest BCUT2D eigenvalue weighted by Crippen LogP contribution is 2.29. The molecule has 0 bridgehead atoms. The second-order valence-electron chi connectivity index (χ2n) is 3.36. The number of nitrogens with zero attached hydrogens (tertiary/aromatic N) is 1. The summed E-state index contributed by atoms with van der Waals surface area (Å²) in [5, 5.41) is 12.4. The van der Waals surface area contributed by atoms with Crippen LogP contribution in [0.5, 0.6) is 0 Å². The van der Waals surface area contributed by atoms with Gasteiger partial charge in [-0.05, 0) is 46.3 Å². The normalized spacial score (nSPS) is 11.8. The van der Waals surface area contributed by atoms with Gasteiger partial charge >= 0.3 is 0 Å². The Balaban J connectivity index is 2.19. The van der Waals surface area contributed by atoms with Crippen LogP contribution in [-0.4, -0.2) is 0 Å². The van der Waals surface area contributed by atoms with Crippen molar-refractivity contribution in [1.29, 1.82) is 5.26 Å². The minimum Gasteiger partial charge on any atom is -0.366 e. The minimum atomic E-state index is -0.319. The number of nitrogens with one attached hydrogen (secondary N) is 1. The van der Waals surface area contributed by atoms with Crippen LogP contribution in [0.2, 0.25) is 0 Å². The van der Waals surface area contributed by atoms with Gasteiger partial charge in [0.15, 0.2) is 0 Å². The maximum Gasteiger partial charge on any atom is 0.149 e. The molecule has 17 heavy (non-hydrogen) atoms. The second-order valence-corrected chi connectivity index (χ2v) is 6.77. The van der Waals surface area contributed by atoms with Crippen LogP contribution in [0.1, 0.15) is 10.9 Å². The van der Waals surface area contributed by atoms with Gasteiger partial charge in [0.1, 0.15) is 6.04 Å². The van der Waals surface area contributed by atoms with Crippen LogP contribution in [0.25, 0.3) is 0 Å². The summed E-state index contributed by atoms with van der Waals surface area (Å²) in [5.74, 6) is 0. The van der Waals surface area contributed by atoms with Crippen LogP contribution in [-0.2, 0) is 0 Å². The summed E-state index contributed by atoms with van der Waals surface area (Å²) in [6, 6.07) is 13.6. The summed E-state index contributed by atoms with van der Waals surface area (Å²) in [5.41, 5.74) is 0.926. The first-order chi connectivity index (χ1) is 8.19. The van der Waals surface area contributed by atoms with Crippen molar-refractivity contribution in [2.24, 2.45) is 0 Å². The van der Waals surface area contributed by atoms with E-state index in [1.165, 1.54) is 0 Å². The van der Waals surface area contributed by atoms with E-state index in [0.717, 1.165) is 18.8 Å². The lowest BCUT2D eigenvalue weighted by Gasteiger charge is -2.11. The zero-order chi connectivity index (χ0) is 12.3. The standard InChI is InChI=1S/C12H8Br2N2S/c13-8-2-1-3-9(6-8)16-10(7-15)11-4-5-12(14)17-11/h1-6,10,16H. The number of thiophene rings is 1. The van der Waals surface area contributed by atoms with Crippen molar-refractivity contribution >= 4 is 48.9 Å². The van der Waals surface area contributed by atoms with Crippen LogP contribution in [0.3, 0.4) is 0 Å². The fourth-order valence-corrected chi connectivity index (χ4v) is 3.21. The zero-order valence-corrected chi connectivity index (χ0v) is 12.6. The van der Waals surface area contributed by atoms with E-state index in [-0.39, 0.29) is 6.04 Å². The molecule has 2 rings (SSSR count). The van der Waals surface area contributed by atoms with Gasteiger partial charge in [-0.15, -0.1) is 11.3 Å². The smallest absolute Gasteiger partial charge is 0.149 e. The molecule has 0 aliphatic carbocycles. The van der Waals surface area contributed by atoms with Gasteiger partial charge in [0.25, 0.3) is 0 Å². The molecule has 5 heteroatoms. The van der Waals surface area contributed by atoms with Gasteiger partial charge in [0, 0.05) is 15.0 Å². The third kappa shape index (κ3) is 3.32. The van der Waals surface area contributed by atoms with Crippen LogP contribution in [0, 0.1) is 11.3 Å². The van der Waals surface area contributed by atoms with E-state index in [4.69, 9.17) is 0 Å². The molecule has 2 aromatic rings. The van der Waals surface area contributed by atoms with Crippen LogP contribution in [0.4, 0.5) is 5.69 Å². The Morgan fingerprint density at radius 3 is 2.65 bits per heavy atom. The number of hydrogen-bond acceptors (Lipinski definition) is 3. The quantitative estimate of drug-likeness (QED) is 0.828. The average molecular weight is 372 g/mol. The number of rotatable bonds is 3. The van der Waals surface area contributed by atoms with Crippen LogP contribution >= 0.6 is 43.2 Å². The Bertz CT molecular complexity index is 560. The molecule has 1 aromatic heterocycles. The Hall–Kier alpha value is -0.830. The van der Waals surface area contributed by atoms with E-state index < -0.39 is 0 Å². The van der Waals surface area contributed by atoms with E-state index in [0.29, 0.717) is 0 Å². The molecule has 0 spiro atoms. The molecule has 1 atom stereocenters. The lowest BCUT2D eigenvalue weighted by molar-refractivity contribution is 1.03. The van der Waals surface area contributed by atoms with Crippen molar-refractivity contribution < 1.29 is 0 Å². The molecule has 1 N–H and O–H groups in total. The highest BCUT2D eigenvalue weighted by atomic mass is 79.9. The summed E-state index contributed by atoms with van der Waals surface area (Å²) in [7, 11) is 0. The lowest BCUT2D eigenvalue weighted by Crippen LogP contribution is -2.06. The molecule has 0 aliphatic heterocycles. The van der Waals surface area contributed by atoms with Crippen molar-refractivity contribution in [1.82, 2.24) is 0 Å². The van der Waals surface area contributed by atoms with Crippen molar-refractivity contribution in [3.8, 4) is 6.07 Å². The van der Waals surface area contributed by atoms with Crippen molar-refractivity contribution in [2.45, 2.75) is 6.04 Å². The van der Waals surface area contributed by atoms with E-state index >= 15 is 0 Å².